The van der Waals surface area contributed by atoms with Crippen molar-refractivity contribution in [1.29, 1.82) is 0 Å². The predicted molar refractivity (Wildman–Crippen MR) is 108 cm³/mol. The number of carbonyl (C=O) groups is 1. The highest BCUT2D eigenvalue weighted by atomic mass is 32.2. The first-order chi connectivity index (χ1) is 13.8. The van der Waals surface area contributed by atoms with Gasteiger partial charge in [-0.15, -0.1) is 10.2 Å². The zero-order valence-electron chi connectivity index (χ0n) is 15.5. The van der Waals surface area contributed by atoms with Crippen LogP contribution in [0.3, 0.4) is 0 Å². The van der Waals surface area contributed by atoms with Gasteiger partial charge in [-0.05, 0) is 42.5 Å². The average Bonchev–Trinajstić information content (AvgIpc) is 3.51. The van der Waals surface area contributed by atoms with Crippen LogP contribution in [0.25, 0.3) is 11.4 Å². The summed E-state index contributed by atoms with van der Waals surface area (Å²) in [7, 11) is 0. The monoisotopic (exact) mass is 391 g/mol. The molecule has 7 heteroatoms. The summed E-state index contributed by atoms with van der Waals surface area (Å²) in [4.78, 5) is 18.9. The van der Waals surface area contributed by atoms with Crippen LogP contribution >= 0.6 is 11.8 Å². The van der Waals surface area contributed by atoms with Gasteiger partial charge in [0.2, 0.25) is 5.91 Å². The summed E-state index contributed by atoms with van der Waals surface area (Å²) >= 11 is 1.49. The molecule has 3 heterocycles. The first-order valence-corrected chi connectivity index (χ1v) is 10.6. The molecule has 0 radical (unpaired) electrons. The fourth-order valence-corrected chi connectivity index (χ4v) is 4.56. The molecule has 0 atom stereocenters. The van der Waals surface area contributed by atoms with E-state index >= 15 is 0 Å². The lowest BCUT2D eigenvalue weighted by atomic mass is 10.00. The summed E-state index contributed by atoms with van der Waals surface area (Å²) < 4.78 is 2.18. The zero-order valence-corrected chi connectivity index (χ0v) is 16.3. The minimum atomic E-state index is 0.160. The normalized spacial score (nSPS) is 16.1. The number of hydrogen-bond donors (Lipinski definition) is 0. The van der Waals surface area contributed by atoms with Crippen LogP contribution < -0.4 is 0 Å². The van der Waals surface area contributed by atoms with E-state index in [-0.39, 0.29) is 5.91 Å². The fourth-order valence-electron chi connectivity index (χ4n) is 3.66. The molecule has 0 bridgehead atoms. The Morgan fingerprint density at radius 3 is 2.75 bits per heavy atom. The van der Waals surface area contributed by atoms with E-state index in [9.17, 15) is 4.79 Å². The van der Waals surface area contributed by atoms with Crippen LogP contribution in [-0.2, 0) is 17.8 Å². The van der Waals surface area contributed by atoms with Gasteiger partial charge in [0.15, 0.2) is 11.0 Å². The second-order valence-electron chi connectivity index (χ2n) is 7.27. The van der Waals surface area contributed by atoms with Gasteiger partial charge in [-0.2, -0.15) is 0 Å². The number of aromatic nitrogens is 4. The Labute approximate surface area is 168 Å². The molecule has 1 fully saturated rings. The Balaban J connectivity index is 1.30. The predicted octanol–water partition coefficient (Wildman–Crippen LogP) is 3.35. The summed E-state index contributed by atoms with van der Waals surface area (Å²) in [6.45, 7) is 1.48. The third-order valence-electron chi connectivity index (χ3n) is 5.30. The lowest BCUT2D eigenvalue weighted by Crippen LogP contribution is -2.37. The molecule has 0 spiro atoms. The summed E-state index contributed by atoms with van der Waals surface area (Å²) in [5, 5.41) is 9.61. The van der Waals surface area contributed by atoms with Crippen molar-refractivity contribution in [2.45, 2.75) is 37.0 Å². The third-order valence-corrected chi connectivity index (χ3v) is 6.23. The van der Waals surface area contributed by atoms with Crippen LogP contribution in [0.1, 0.15) is 30.0 Å². The van der Waals surface area contributed by atoms with Crippen LogP contribution in [0.5, 0.6) is 0 Å². The highest BCUT2D eigenvalue weighted by Crippen LogP contribution is 2.41. The van der Waals surface area contributed by atoms with Crippen molar-refractivity contribution in [3.63, 3.8) is 0 Å². The van der Waals surface area contributed by atoms with Gasteiger partial charge in [0.1, 0.15) is 0 Å². The van der Waals surface area contributed by atoms with Crippen molar-refractivity contribution < 1.29 is 4.79 Å². The van der Waals surface area contributed by atoms with Crippen LogP contribution in [0.4, 0.5) is 0 Å². The van der Waals surface area contributed by atoms with Crippen LogP contribution in [-0.4, -0.2) is 42.9 Å². The van der Waals surface area contributed by atoms with Gasteiger partial charge >= 0.3 is 0 Å². The molecule has 2 aromatic heterocycles. The maximum atomic E-state index is 12.8. The average molecular weight is 392 g/mol. The van der Waals surface area contributed by atoms with E-state index in [1.807, 2.05) is 29.3 Å². The Hall–Kier alpha value is -2.67. The summed E-state index contributed by atoms with van der Waals surface area (Å²) in [6, 6.07) is 12.7. The maximum absolute atomic E-state index is 12.8. The molecule has 1 aliphatic carbocycles. The van der Waals surface area contributed by atoms with Gasteiger partial charge in [-0.25, -0.2) is 0 Å². The van der Waals surface area contributed by atoms with Crippen LogP contribution in [0.2, 0.25) is 0 Å². The molecule has 0 N–H and O–H groups in total. The molecule has 5 rings (SSSR count). The minimum absolute atomic E-state index is 0.160. The molecule has 0 unspecified atom stereocenters. The molecule has 2 aliphatic rings. The minimum Gasteiger partial charge on any atom is -0.337 e. The number of benzene rings is 1. The molecule has 0 saturated heterocycles. The molecule has 1 saturated carbocycles. The third kappa shape index (κ3) is 3.42. The molecule has 1 aliphatic heterocycles. The van der Waals surface area contributed by atoms with E-state index in [1.165, 1.54) is 22.9 Å². The molecular formula is C21H21N5OS. The Bertz CT molecular complexity index is 999. The van der Waals surface area contributed by atoms with E-state index < -0.39 is 0 Å². The lowest BCUT2D eigenvalue weighted by Gasteiger charge is -2.28. The molecule has 1 amide bonds. The summed E-state index contributed by atoms with van der Waals surface area (Å²) in [6.07, 6.45) is 6.77. The van der Waals surface area contributed by atoms with E-state index in [1.54, 1.807) is 6.20 Å². The van der Waals surface area contributed by atoms with Gasteiger partial charge in [0.25, 0.3) is 0 Å². The van der Waals surface area contributed by atoms with E-state index in [4.69, 9.17) is 0 Å². The van der Waals surface area contributed by atoms with E-state index in [2.05, 4.69) is 37.9 Å². The van der Waals surface area contributed by atoms with Gasteiger partial charge in [0, 0.05) is 37.1 Å². The smallest absolute Gasteiger partial charge is 0.233 e. The number of rotatable bonds is 5. The quantitative estimate of drug-likeness (QED) is 0.624. The molecular weight excluding hydrogens is 370 g/mol. The topological polar surface area (TPSA) is 63.9 Å². The second-order valence-corrected chi connectivity index (χ2v) is 8.21. The number of hydrogen-bond acceptors (Lipinski definition) is 5. The standard InChI is InChI=1S/C21H21N5OS/c27-19(25-11-9-15-4-1-2-5-17(15)13-25)14-28-21-24-23-20(26(21)18-7-8-18)16-6-3-10-22-12-16/h1-6,10,12,18H,7-9,11,13-14H2. The number of amides is 1. The number of nitrogens with zero attached hydrogens (tertiary/aromatic N) is 5. The molecule has 28 heavy (non-hydrogen) atoms. The van der Waals surface area contributed by atoms with Crippen molar-refractivity contribution in [3.8, 4) is 11.4 Å². The largest absolute Gasteiger partial charge is 0.337 e. The molecule has 1 aromatic carbocycles. The van der Waals surface area contributed by atoms with Gasteiger partial charge in [0.05, 0.1) is 5.75 Å². The summed E-state index contributed by atoms with van der Waals surface area (Å²) in [5.41, 5.74) is 3.58. The van der Waals surface area contributed by atoms with E-state index in [0.29, 0.717) is 18.3 Å². The van der Waals surface area contributed by atoms with Crippen LogP contribution in [0, 0.1) is 0 Å². The van der Waals surface area contributed by atoms with Crippen molar-refractivity contribution in [1.82, 2.24) is 24.6 Å². The fraction of sp³-hybridized carbons (Fsp3) is 0.333. The maximum Gasteiger partial charge on any atom is 0.233 e. The lowest BCUT2D eigenvalue weighted by molar-refractivity contribution is -0.129. The van der Waals surface area contributed by atoms with Crippen molar-refractivity contribution in [2.24, 2.45) is 0 Å². The second kappa shape index (κ2) is 7.39. The Morgan fingerprint density at radius 1 is 1.11 bits per heavy atom. The van der Waals surface area contributed by atoms with Gasteiger partial charge in [-0.3, -0.25) is 14.3 Å². The molecule has 142 valence electrons. The van der Waals surface area contributed by atoms with Crippen molar-refractivity contribution in [2.75, 3.05) is 12.3 Å². The Morgan fingerprint density at radius 2 is 1.96 bits per heavy atom. The van der Waals surface area contributed by atoms with Gasteiger partial charge < -0.3 is 4.90 Å². The van der Waals surface area contributed by atoms with Crippen molar-refractivity contribution in [3.05, 3.63) is 59.9 Å². The van der Waals surface area contributed by atoms with Crippen LogP contribution in [0.15, 0.2) is 53.9 Å². The first kappa shape index (κ1) is 17.4. The van der Waals surface area contributed by atoms with E-state index in [0.717, 1.165) is 42.4 Å². The zero-order chi connectivity index (χ0) is 18.9. The van der Waals surface area contributed by atoms with Crippen molar-refractivity contribution >= 4 is 17.7 Å². The highest BCUT2D eigenvalue weighted by Gasteiger charge is 2.31. The molecule has 3 aromatic rings. The first-order valence-electron chi connectivity index (χ1n) is 9.62. The van der Waals surface area contributed by atoms with Gasteiger partial charge in [-0.1, -0.05) is 36.0 Å². The number of thioether (sulfide) groups is 1. The summed E-state index contributed by atoms with van der Waals surface area (Å²) in [5.74, 6) is 1.39. The number of fused-ring (bicyclic) bond motifs is 1. The highest BCUT2D eigenvalue weighted by molar-refractivity contribution is 7.99. The number of pyridine rings is 1. The SMILES string of the molecule is O=C(CSc1nnc(-c2cccnc2)n1C1CC1)N1CCc2ccccc2C1. The molecule has 6 nitrogen and oxygen atoms in total. The Kier molecular flexibility index (Phi) is 4.60. The number of carbonyl (C=O) groups excluding carboxylic acids is 1.